The molecular formula is C8H7NS2. The minimum absolute atomic E-state index is 0.756. The molecule has 0 radical (unpaired) electrons. The molecule has 0 heterocycles. The van der Waals surface area contributed by atoms with Crippen molar-refractivity contribution in [1.82, 2.24) is 0 Å². The Morgan fingerprint density at radius 1 is 1.36 bits per heavy atom. The molecular weight excluding hydrogens is 174 g/mol. The van der Waals surface area contributed by atoms with Gasteiger partial charge < -0.3 is 0 Å². The number of benzene rings is 1. The van der Waals surface area contributed by atoms with Crippen LogP contribution in [-0.2, 0) is 0 Å². The van der Waals surface area contributed by atoms with E-state index in [0.29, 0.717) is 0 Å². The Balaban J connectivity index is 2.95. The monoisotopic (exact) mass is 181 g/mol. The van der Waals surface area contributed by atoms with Crippen molar-refractivity contribution in [2.24, 2.45) is 0 Å². The van der Waals surface area contributed by atoms with E-state index in [1.165, 1.54) is 0 Å². The highest BCUT2D eigenvalue weighted by Gasteiger charge is 1.98. The second kappa shape index (κ2) is 4.32. The molecule has 1 aromatic carbocycles. The molecule has 0 saturated carbocycles. The lowest BCUT2D eigenvalue weighted by atomic mass is 10.2. The average molecular weight is 181 g/mol. The van der Waals surface area contributed by atoms with Crippen LogP contribution < -0.4 is 0 Å². The van der Waals surface area contributed by atoms with E-state index >= 15 is 0 Å². The highest BCUT2D eigenvalue weighted by molar-refractivity contribution is 8.76. The standard InChI is InChI=1S/C8H7NS2/c1-10-11-8-5-3-2-4-7(8)6-9/h2-5H,1H3. The molecule has 1 nitrogen and oxygen atoms in total. The highest BCUT2D eigenvalue weighted by Crippen LogP contribution is 2.30. The Labute approximate surface area is 74.2 Å². The molecule has 0 atom stereocenters. The SMILES string of the molecule is CSSc1ccccc1C#N. The van der Waals surface area contributed by atoms with Crippen molar-refractivity contribution in [2.75, 3.05) is 6.26 Å². The zero-order valence-corrected chi connectivity index (χ0v) is 7.71. The van der Waals surface area contributed by atoms with E-state index in [4.69, 9.17) is 5.26 Å². The number of hydrogen-bond donors (Lipinski definition) is 0. The van der Waals surface area contributed by atoms with E-state index in [9.17, 15) is 0 Å². The summed E-state index contributed by atoms with van der Waals surface area (Å²) in [5.41, 5.74) is 0.756. The van der Waals surface area contributed by atoms with Gasteiger partial charge in [0.1, 0.15) is 6.07 Å². The van der Waals surface area contributed by atoms with Gasteiger partial charge in [-0.15, -0.1) is 0 Å². The number of nitriles is 1. The largest absolute Gasteiger partial charge is 0.192 e. The zero-order chi connectivity index (χ0) is 8.10. The molecule has 0 aromatic heterocycles. The lowest BCUT2D eigenvalue weighted by Gasteiger charge is -1.97. The second-order valence-corrected chi connectivity index (χ2v) is 4.30. The number of rotatable bonds is 2. The summed E-state index contributed by atoms with van der Waals surface area (Å²) in [5.74, 6) is 0. The van der Waals surface area contributed by atoms with Gasteiger partial charge in [0.25, 0.3) is 0 Å². The molecule has 0 fully saturated rings. The van der Waals surface area contributed by atoms with Crippen LogP contribution in [0.1, 0.15) is 5.56 Å². The summed E-state index contributed by atoms with van der Waals surface area (Å²) >= 11 is 0. The van der Waals surface area contributed by atoms with E-state index in [-0.39, 0.29) is 0 Å². The van der Waals surface area contributed by atoms with E-state index in [1.807, 2.05) is 30.5 Å². The molecule has 1 aromatic rings. The van der Waals surface area contributed by atoms with Crippen LogP contribution in [0.4, 0.5) is 0 Å². The summed E-state index contributed by atoms with van der Waals surface area (Å²) < 4.78 is 0. The molecule has 0 aliphatic rings. The van der Waals surface area contributed by atoms with E-state index in [0.717, 1.165) is 10.5 Å². The van der Waals surface area contributed by atoms with Crippen molar-refractivity contribution < 1.29 is 0 Å². The Morgan fingerprint density at radius 3 is 2.73 bits per heavy atom. The van der Waals surface area contributed by atoms with Gasteiger partial charge in [-0.25, -0.2) is 0 Å². The van der Waals surface area contributed by atoms with Crippen LogP contribution in [0, 0.1) is 11.3 Å². The van der Waals surface area contributed by atoms with Crippen LogP contribution in [0.25, 0.3) is 0 Å². The first kappa shape index (κ1) is 8.51. The maximum absolute atomic E-state index is 8.67. The predicted octanol–water partition coefficient (Wildman–Crippen LogP) is 2.93. The Hall–Kier alpha value is -0.590. The minimum Gasteiger partial charge on any atom is -0.192 e. The second-order valence-electron chi connectivity index (χ2n) is 1.86. The molecule has 0 N–H and O–H groups in total. The molecule has 1 rings (SSSR count). The molecule has 0 aliphatic heterocycles. The van der Waals surface area contributed by atoms with E-state index in [1.54, 1.807) is 21.6 Å². The summed E-state index contributed by atoms with van der Waals surface area (Å²) in [6.45, 7) is 0. The van der Waals surface area contributed by atoms with Gasteiger partial charge in [0.15, 0.2) is 0 Å². The molecule has 56 valence electrons. The van der Waals surface area contributed by atoms with E-state index < -0.39 is 0 Å². The maximum atomic E-state index is 8.67. The van der Waals surface area contributed by atoms with Gasteiger partial charge in [-0.2, -0.15) is 5.26 Å². The molecule has 0 amide bonds. The van der Waals surface area contributed by atoms with Gasteiger partial charge in [0, 0.05) is 4.90 Å². The van der Waals surface area contributed by atoms with E-state index in [2.05, 4.69) is 6.07 Å². The van der Waals surface area contributed by atoms with Gasteiger partial charge >= 0.3 is 0 Å². The minimum atomic E-state index is 0.756. The molecule has 0 saturated heterocycles. The molecule has 0 aliphatic carbocycles. The normalized spacial score (nSPS) is 9.09. The van der Waals surface area contributed by atoms with Crippen LogP contribution in [0.3, 0.4) is 0 Å². The Morgan fingerprint density at radius 2 is 2.09 bits per heavy atom. The van der Waals surface area contributed by atoms with Crippen molar-refractivity contribution in [1.29, 1.82) is 5.26 Å². The third kappa shape index (κ3) is 2.18. The van der Waals surface area contributed by atoms with Gasteiger partial charge in [0.2, 0.25) is 0 Å². The molecule has 0 spiro atoms. The van der Waals surface area contributed by atoms with Crippen LogP contribution in [0.2, 0.25) is 0 Å². The molecule has 0 bridgehead atoms. The number of nitrogens with zero attached hydrogens (tertiary/aromatic N) is 1. The Bertz CT molecular complexity index is 278. The fourth-order valence-electron chi connectivity index (χ4n) is 0.721. The van der Waals surface area contributed by atoms with Gasteiger partial charge in [-0.3, -0.25) is 0 Å². The number of hydrogen-bond acceptors (Lipinski definition) is 3. The molecule has 11 heavy (non-hydrogen) atoms. The third-order valence-electron chi connectivity index (χ3n) is 1.18. The summed E-state index contributed by atoms with van der Waals surface area (Å²) in [5, 5.41) is 8.67. The first-order valence-corrected chi connectivity index (χ1v) is 5.64. The quantitative estimate of drug-likeness (QED) is 0.655. The first-order valence-electron chi connectivity index (χ1n) is 3.08. The van der Waals surface area contributed by atoms with Crippen molar-refractivity contribution in [3.05, 3.63) is 29.8 Å². The predicted molar refractivity (Wildman–Crippen MR) is 50.5 cm³/mol. The molecule has 0 unspecified atom stereocenters. The van der Waals surface area contributed by atoms with Gasteiger partial charge in [-0.05, 0) is 18.4 Å². The van der Waals surface area contributed by atoms with Crippen LogP contribution in [0.5, 0.6) is 0 Å². The highest BCUT2D eigenvalue weighted by atomic mass is 33.1. The smallest absolute Gasteiger partial charge is 0.100 e. The van der Waals surface area contributed by atoms with Gasteiger partial charge in [-0.1, -0.05) is 33.7 Å². The topological polar surface area (TPSA) is 23.8 Å². The van der Waals surface area contributed by atoms with Crippen LogP contribution in [0.15, 0.2) is 29.2 Å². The summed E-state index contributed by atoms with van der Waals surface area (Å²) in [4.78, 5) is 1.04. The lowest BCUT2D eigenvalue weighted by Crippen LogP contribution is -1.76. The maximum Gasteiger partial charge on any atom is 0.100 e. The summed E-state index contributed by atoms with van der Waals surface area (Å²) in [7, 11) is 3.27. The zero-order valence-electron chi connectivity index (χ0n) is 6.07. The van der Waals surface area contributed by atoms with Crippen molar-refractivity contribution in [3.8, 4) is 6.07 Å². The fraction of sp³-hybridized carbons (Fsp3) is 0.125. The fourth-order valence-corrected chi connectivity index (χ4v) is 2.21. The summed E-state index contributed by atoms with van der Waals surface area (Å²) in [6, 6.07) is 9.76. The van der Waals surface area contributed by atoms with Crippen molar-refractivity contribution >= 4 is 21.6 Å². The average Bonchev–Trinajstić information content (AvgIpc) is 2.06. The molecule has 3 heteroatoms. The van der Waals surface area contributed by atoms with Crippen molar-refractivity contribution in [3.63, 3.8) is 0 Å². The Kier molecular flexibility index (Phi) is 3.34. The van der Waals surface area contributed by atoms with Crippen LogP contribution in [-0.4, -0.2) is 6.26 Å². The lowest BCUT2D eigenvalue weighted by molar-refractivity contribution is 1.38. The third-order valence-corrected chi connectivity index (χ3v) is 2.92. The first-order chi connectivity index (χ1) is 5.38. The van der Waals surface area contributed by atoms with Crippen LogP contribution >= 0.6 is 21.6 Å². The van der Waals surface area contributed by atoms with Gasteiger partial charge in [0.05, 0.1) is 5.56 Å². The van der Waals surface area contributed by atoms with Crippen molar-refractivity contribution in [2.45, 2.75) is 4.90 Å². The summed E-state index contributed by atoms with van der Waals surface area (Å²) in [6.07, 6.45) is 2.00.